The van der Waals surface area contributed by atoms with Crippen LogP contribution in [0.25, 0.3) is 0 Å². The van der Waals surface area contributed by atoms with E-state index in [2.05, 4.69) is 20.6 Å². The van der Waals surface area contributed by atoms with Crippen LogP contribution in [0.2, 0.25) is 0 Å². The first kappa shape index (κ1) is 20.2. The molecule has 1 aliphatic rings. The average molecular weight is 447 g/mol. The van der Waals surface area contributed by atoms with Gasteiger partial charge in [-0.1, -0.05) is 23.1 Å². The number of thioether (sulfide) groups is 1. The molecule has 30 heavy (non-hydrogen) atoms. The van der Waals surface area contributed by atoms with Crippen LogP contribution in [-0.2, 0) is 9.53 Å². The Morgan fingerprint density at radius 1 is 1.30 bits per heavy atom. The molecular formula is C18H17N5O5S2. The van der Waals surface area contributed by atoms with E-state index in [1.54, 1.807) is 37.6 Å². The lowest BCUT2D eigenvalue weighted by atomic mass is 10.1. The lowest BCUT2D eigenvalue weighted by molar-refractivity contribution is -0.130. The molecule has 2 amide bonds. The van der Waals surface area contributed by atoms with Gasteiger partial charge in [0.05, 0.1) is 24.9 Å². The van der Waals surface area contributed by atoms with E-state index in [-0.39, 0.29) is 24.3 Å². The molecule has 0 aromatic carbocycles. The normalized spacial score (nSPS) is 15.8. The maximum Gasteiger partial charge on any atom is 0.413 e. The summed E-state index contributed by atoms with van der Waals surface area (Å²) >= 11 is 2.37. The molecule has 3 aromatic rings. The summed E-state index contributed by atoms with van der Waals surface area (Å²) in [6.07, 6.45) is 3.03. The van der Waals surface area contributed by atoms with Crippen LogP contribution in [0.1, 0.15) is 30.9 Å². The van der Waals surface area contributed by atoms with Crippen molar-refractivity contribution in [2.45, 2.75) is 23.7 Å². The third kappa shape index (κ3) is 4.54. The summed E-state index contributed by atoms with van der Waals surface area (Å²) in [5.74, 6) is 1.15. The van der Waals surface area contributed by atoms with Crippen molar-refractivity contribution in [2.24, 2.45) is 5.10 Å². The summed E-state index contributed by atoms with van der Waals surface area (Å²) in [5, 5.41) is 16.5. The number of furan rings is 2. The van der Waals surface area contributed by atoms with Gasteiger partial charge in [-0.05, 0) is 31.2 Å². The first-order valence-corrected chi connectivity index (χ1v) is 10.8. The minimum absolute atomic E-state index is 0.0974. The van der Waals surface area contributed by atoms with Crippen molar-refractivity contribution in [3.05, 3.63) is 48.3 Å². The molecular weight excluding hydrogens is 430 g/mol. The number of nitrogens with zero attached hydrogens (tertiary/aromatic N) is 4. The molecule has 0 bridgehead atoms. The van der Waals surface area contributed by atoms with Crippen molar-refractivity contribution >= 4 is 45.9 Å². The van der Waals surface area contributed by atoms with E-state index < -0.39 is 6.09 Å². The van der Waals surface area contributed by atoms with Crippen LogP contribution in [0.5, 0.6) is 0 Å². The van der Waals surface area contributed by atoms with E-state index in [1.165, 1.54) is 16.8 Å². The molecule has 3 aromatic heterocycles. The van der Waals surface area contributed by atoms with E-state index in [0.29, 0.717) is 33.1 Å². The highest BCUT2D eigenvalue weighted by Gasteiger charge is 2.35. The number of anilines is 1. The number of hydrogen-bond acceptors (Lipinski definition) is 10. The van der Waals surface area contributed by atoms with Gasteiger partial charge in [0.2, 0.25) is 5.13 Å². The summed E-state index contributed by atoms with van der Waals surface area (Å²) in [4.78, 5) is 24.3. The molecule has 0 radical (unpaired) electrons. The van der Waals surface area contributed by atoms with Crippen LogP contribution >= 0.6 is 23.1 Å². The summed E-state index contributed by atoms with van der Waals surface area (Å²) in [6, 6.07) is 6.83. The average Bonchev–Trinajstić information content (AvgIpc) is 3.53. The third-order valence-electron chi connectivity index (χ3n) is 4.05. The van der Waals surface area contributed by atoms with Crippen molar-refractivity contribution in [1.29, 1.82) is 0 Å². The summed E-state index contributed by atoms with van der Waals surface area (Å²) in [7, 11) is 0. The first-order chi connectivity index (χ1) is 14.6. The second kappa shape index (κ2) is 9.13. The van der Waals surface area contributed by atoms with E-state index in [0.717, 1.165) is 11.3 Å². The van der Waals surface area contributed by atoms with Crippen LogP contribution in [-0.4, -0.2) is 45.3 Å². The minimum Gasteiger partial charge on any atom is -0.467 e. The number of carbonyl (C=O) groups is 2. The van der Waals surface area contributed by atoms with Crippen LogP contribution in [0.4, 0.5) is 9.93 Å². The SMILES string of the molecule is CCOC(=O)Nc1nnc(SCC(=O)N2N=C(c3ccco3)CC2c2ccco2)s1. The summed E-state index contributed by atoms with van der Waals surface area (Å²) < 4.78 is 16.3. The maximum atomic E-state index is 12.9. The molecule has 4 heterocycles. The van der Waals surface area contributed by atoms with Crippen LogP contribution in [0.3, 0.4) is 0 Å². The number of rotatable bonds is 7. The van der Waals surface area contributed by atoms with Gasteiger partial charge < -0.3 is 13.6 Å². The zero-order valence-electron chi connectivity index (χ0n) is 15.8. The van der Waals surface area contributed by atoms with Gasteiger partial charge >= 0.3 is 6.09 Å². The van der Waals surface area contributed by atoms with Gasteiger partial charge in [-0.3, -0.25) is 10.1 Å². The van der Waals surface area contributed by atoms with Crippen molar-refractivity contribution in [1.82, 2.24) is 15.2 Å². The fourth-order valence-corrected chi connectivity index (χ4v) is 4.39. The number of nitrogens with one attached hydrogen (secondary N) is 1. The Bertz CT molecular complexity index is 1030. The van der Waals surface area contributed by atoms with Gasteiger partial charge in [0.1, 0.15) is 23.3 Å². The number of hydrogen-bond donors (Lipinski definition) is 1. The van der Waals surface area contributed by atoms with Gasteiger partial charge in [-0.15, -0.1) is 10.2 Å². The molecule has 0 aliphatic carbocycles. The van der Waals surface area contributed by atoms with E-state index >= 15 is 0 Å². The highest BCUT2D eigenvalue weighted by molar-refractivity contribution is 8.01. The number of ether oxygens (including phenoxy) is 1. The number of hydrazone groups is 1. The zero-order chi connectivity index (χ0) is 20.9. The third-order valence-corrected chi connectivity index (χ3v) is 6.01. The van der Waals surface area contributed by atoms with Crippen molar-refractivity contribution in [3.8, 4) is 0 Å². The Balaban J connectivity index is 1.42. The van der Waals surface area contributed by atoms with Crippen molar-refractivity contribution < 1.29 is 23.2 Å². The topological polar surface area (TPSA) is 123 Å². The molecule has 0 saturated heterocycles. The molecule has 0 saturated carbocycles. The first-order valence-electron chi connectivity index (χ1n) is 9.01. The predicted molar refractivity (Wildman–Crippen MR) is 109 cm³/mol. The molecule has 4 rings (SSSR count). The minimum atomic E-state index is -0.598. The second-order valence-corrected chi connectivity index (χ2v) is 8.20. The molecule has 1 atom stereocenters. The lowest BCUT2D eigenvalue weighted by Gasteiger charge is -2.19. The van der Waals surface area contributed by atoms with Gasteiger partial charge in [0.15, 0.2) is 4.34 Å². The van der Waals surface area contributed by atoms with E-state index in [4.69, 9.17) is 13.6 Å². The number of amides is 2. The van der Waals surface area contributed by atoms with Crippen LogP contribution in [0.15, 0.2) is 55.1 Å². The molecule has 10 nitrogen and oxygen atoms in total. The van der Waals surface area contributed by atoms with Crippen molar-refractivity contribution in [3.63, 3.8) is 0 Å². The fraction of sp³-hybridized carbons (Fsp3) is 0.278. The van der Waals surface area contributed by atoms with Gasteiger partial charge in [0.25, 0.3) is 5.91 Å². The van der Waals surface area contributed by atoms with Crippen LogP contribution in [0, 0.1) is 0 Å². The monoisotopic (exact) mass is 447 g/mol. The van der Waals surface area contributed by atoms with E-state index in [9.17, 15) is 9.59 Å². The Morgan fingerprint density at radius 3 is 2.87 bits per heavy atom. The van der Waals surface area contributed by atoms with Gasteiger partial charge in [0, 0.05) is 6.42 Å². The smallest absolute Gasteiger partial charge is 0.413 e. The van der Waals surface area contributed by atoms with Gasteiger partial charge in [-0.25, -0.2) is 9.80 Å². The van der Waals surface area contributed by atoms with Crippen LogP contribution < -0.4 is 5.32 Å². The second-order valence-electron chi connectivity index (χ2n) is 6.00. The number of carbonyl (C=O) groups excluding carboxylic acids is 2. The predicted octanol–water partition coefficient (Wildman–Crippen LogP) is 3.76. The molecule has 0 spiro atoms. The standard InChI is InChI=1S/C18H17N5O5S2/c1-2-26-17(25)19-16-20-21-18(30-16)29-10-15(24)23-12(14-6-4-8-28-14)9-11(22-23)13-5-3-7-27-13/h3-8,12H,2,9-10H2,1H3,(H,19,20,25). The molecule has 1 aliphatic heterocycles. The molecule has 0 fully saturated rings. The Morgan fingerprint density at radius 2 is 2.13 bits per heavy atom. The fourth-order valence-electron chi connectivity index (χ4n) is 2.80. The molecule has 1 N–H and O–H groups in total. The lowest BCUT2D eigenvalue weighted by Crippen LogP contribution is -2.28. The Kier molecular flexibility index (Phi) is 6.14. The zero-order valence-corrected chi connectivity index (χ0v) is 17.4. The van der Waals surface area contributed by atoms with Crippen molar-refractivity contribution in [2.75, 3.05) is 17.7 Å². The molecule has 12 heteroatoms. The molecule has 1 unspecified atom stereocenters. The summed E-state index contributed by atoms with van der Waals surface area (Å²) in [5.41, 5.74) is 0.677. The maximum absolute atomic E-state index is 12.9. The summed E-state index contributed by atoms with van der Waals surface area (Å²) in [6.45, 7) is 1.97. The van der Waals surface area contributed by atoms with Gasteiger partial charge in [-0.2, -0.15) is 5.10 Å². The largest absolute Gasteiger partial charge is 0.467 e. The van der Waals surface area contributed by atoms with E-state index in [1.807, 2.05) is 6.07 Å². The number of aromatic nitrogens is 2. The highest BCUT2D eigenvalue weighted by atomic mass is 32.2. The molecule has 156 valence electrons. The highest BCUT2D eigenvalue weighted by Crippen LogP contribution is 2.34. The Hall–Kier alpha value is -3.12. The quantitative estimate of drug-likeness (QED) is 0.429. The Labute approximate surface area is 179 Å².